The molecular weight excluding hydrogens is 501 g/mol. The number of thiazole rings is 1. The van der Waals surface area contributed by atoms with Gasteiger partial charge in [-0.05, 0) is 72.4 Å². The van der Waals surface area contributed by atoms with Crippen molar-refractivity contribution in [3.05, 3.63) is 88.6 Å². The molecule has 0 bridgehead atoms. The van der Waals surface area contributed by atoms with E-state index in [1.807, 2.05) is 36.6 Å². The predicted molar refractivity (Wildman–Crippen MR) is 146 cm³/mol. The summed E-state index contributed by atoms with van der Waals surface area (Å²) in [5, 5.41) is 21.0. The number of aliphatic carboxylic acids is 1. The lowest BCUT2D eigenvalue weighted by atomic mass is 9.97. The number of nitrogens with zero attached hydrogens (tertiary/aromatic N) is 3. The minimum Gasteiger partial charge on any atom is -0.488 e. The molecule has 192 valence electrons. The van der Waals surface area contributed by atoms with Crippen molar-refractivity contribution < 1.29 is 19.0 Å². The van der Waals surface area contributed by atoms with E-state index >= 15 is 0 Å². The normalized spacial score (nSPS) is 13.8. The summed E-state index contributed by atoms with van der Waals surface area (Å²) in [7, 11) is 0. The Morgan fingerprint density at radius 1 is 1.13 bits per heavy atom. The minimum atomic E-state index is -0.745. The second-order valence-corrected chi connectivity index (χ2v) is 10.2. The van der Waals surface area contributed by atoms with Crippen LogP contribution in [0.5, 0.6) is 5.75 Å². The highest BCUT2D eigenvalue weighted by Gasteiger charge is 2.26. The Morgan fingerprint density at radius 3 is 2.55 bits per heavy atom. The van der Waals surface area contributed by atoms with Gasteiger partial charge in [0.25, 0.3) is 0 Å². The zero-order chi connectivity index (χ0) is 26.6. The molecule has 0 unspecified atom stereocenters. The Morgan fingerprint density at radius 2 is 1.87 bits per heavy atom. The SMILES string of the molecule is Cc1cc(-c2ccc(C#N)cc2)ccc1COc1ccc(F)cc1-c1csc(N2CCC(C(=O)O)CC2)n1. The number of ether oxygens (including phenoxy) is 1. The van der Waals surface area contributed by atoms with E-state index in [0.717, 1.165) is 27.4 Å². The van der Waals surface area contributed by atoms with Gasteiger partial charge < -0.3 is 14.7 Å². The van der Waals surface area contributed by atoms with Gasteiger partial charge in [-0.15, -0.1) is 11.3 Å². The molecule has 38 heavy (non-hydrogen) atoms. The summed E-state index contributed by atoms with van der Waals surface area (Å²) < 4.78 is 20.4. The van der Waals surface area contributed by atoms with Crippen LogP contribution in [0.25, 0.3) is 22.4 Å². The number of aryl methyl sites for hydroxylation is 1. The van der Waals surface area contributed by atoms with Gasteiger partial charge >= 0.3 is 5.97 Å². The number of benzene rings is 3. The molecule has 0 amide bonds. The monoisotopic (exact) mass is 527 g/mol. The first-order valence-corrected chi connectivity index (χ1v) is 13.3. The number of piperidine rings is 1. The molecule has 2 heterocycles. The first-order valence-electron chi connectivity index (χ1n) is 12.4. The molecular formula is C30H26FN3O3S. The van der Waals surface area contributed by atoms with Crippen molar-refractivity contribution in [3.63, 3.8) is 0 Å². The summed E-state index contributed by atoms with van der Waals surface area (Å²) in [5.74, 6) is -0.878. The van der Waals surface area contributed by atoms with E-state index < -0.39 is 5.97 Å². The molecule has 8 heteroatoms. The Kier molecular flexibility index (Phi) is 7.38. The molecule has 0 radical (unpaired) electrons. The van der Waals surface area contributed by atoms with Crippen LogP contribution in [0, 0.1) is 30.0 Å². The van der Waals surface area contributed by atoms with Crippen LogP contribution in [0.2, 0.25) is 0 Å². The van der Waals surface area contributed by atoms with Crippen molar-refractivity contribution in [2.24, 2.45) is 5.92 Å². The first kappa shape index (κ1) is 25.4. The fraction of sp³-hybridized carbons (Fsp3) is 0.233. The van der Waals surface area contributed by atoms with Crippen LogP contribution >= 0.6 is 11.3 Å². The summed E-state index contributed by atoms with van der Waals surface area (Å²) >= 11 is 1.47. The number of hydrogen-bond donors (Lipinski definition) is 1. The van der Waals surface area contributed by atoms with Gasteiger partial charge in [0, 0.05) is 24.0 Å². The Hall–Kier alpha value is -4.22. The van der Waals surface area contributed by atoms with Gasteiger partial charge in [-0.1, -0.05) is 30.3 Å². The molecule has 6 nitrogen and oxygen atoms in total. The maximum Gasteiger partial charge on any atom is 0.306 e. The third kappa shape index (κ3) is 5.53. The molecule has 1 saturated heterocycles. The van der Waals surface area contributed by atoms with Gasteiger partial charge in [0.2, 0.25) is 0 Å². The van der Waals surface area contributed by atoms with Crippen LogP contribution in [0.15, 0.2) is 66.0 Å². The van der Waals surface area contributed by atoms with Crippen molar-refractivity contribution in [1.82, 2.24) is 4.98 Å². The summed E-state index contributed by atoms with van der Waals surface area (Å²) in [4.78, 5) is 18.1. The van der Waals surface area contributed by atoms with Crippen molar-refractivity contribution in [2.75, 3.05) is 18.0 Å². The summed E-state index contributed by atoms with van der Waals surface area (Å²) in [6.07, 6.45) is 1.17. The Bertz CT molecular complexity index is 1500. The molecule has 0 saturated carbocycles. The highest BCUT2D eigenvalue weighted by molar-refractivity contribution is 7.14. The molecule has 1 aromatic heterocycles. The van der Waals surface area contributed by atoms with E-state index in [1.54, 1.807) is 18.2 Å². The smallest absolute Gasteiger partial charge is 0.306 e. The zero-order valence-electron chi connectivity index (χ0n) is 20.9. The van der Waals surface area contributed by atoms with Gasteiger partial charge in [0.15, 0.2) is 5.13 Å². The second-order valence-electron chi connectivity index (χ2n) is 9.37. The van der Waals surface area contributed by atoms with Crippen LogP contribution in [0.3, 0.4) is 0 Å². The van der Waals surface area contributed by atoms with E-state index in [1.165, 1.54) is 23.5 Å². The highest BCUT2D eigenvalue weighted by Crippen LogP contribution is 2.36. The minimum absolute atomic E-state index is 0.310. The number of carboxylic acid groups (broad SMARTS) is 1. The topological polar surface area (TPSA) is 86.5 Å². The number of anilines is 1. The van der Waals surface area contributed by atoms with Crippen molar-refractivity contribution in [3.8, 4) is 34.2 Å². The second kappa shape index (κ2) is 11.0. The number of aromatic nitrogens is 1. The fourth-order valence-corrected chi connectivity index (χ4v) is 5.49. The molecule has 0 atom stereocenters. The van der Waals surface area contributed by atoms with Gasteiger partial charge in [-0.3, -0.25) is 4.79 Å². The molecule has 1 fully saturated rings. The Labute approximate surface area is 224 Å². The van der Waals surface area contributed by atoms with E-state index in [2.05, 4.69) is 17.0 Å². The Balaban J connectivity index is 1.31. The van der Waals surface area contributed by atoms with Crippen molar-refractivity contribution >= 4 is 22.4 Å². The van der Waals surface area contributed by atoms with Crippen molar-refractivity contribution in [1.29, 1.82) is 5.26 Å². The number of carbonyl (C=O) groups is 1. The molecule has 1 aliphatic rings. The molecule has 0 aliphatic carbocycles. The number of rotatable bonds is 7. The van der Waals surface area contributed by atoms with Gasteiger partial charge in [0.1, 0.15) is 18.2 Å². The van der Waals surface area contributed by atoms with Gasteiger partial charge in [0.05, 0.1) is 23.2 Å². The van der Waals surface area contributed by atoms with Crippen LogP contribution in [-0.4, -0.2) is 29.1 Å². The number of halogens is 1. The fourth-order valence-electron chi connectivity index (χ4n) is 4.61. The average molecular weight is 528 g/mol. The maximum atomic E-state index is 14.2. The lowest BCUT2D eigenvalue weighted by Crippen LogP contribution is -2.36. The largest absolute Gasteiger partial charge is 0.488 e. The molecule has 5 rings (SSSR count). The quantitative estimate of drug-likeness (QED) is 0.289. The van der Waals surface area contributed by atoms with Gasteiger partial charge in [-0.2, -0.15) is 5.26 Å². The van der Waals surface area contributed by atoms with E-state index in [9.17, 15) is 14.3 Å². The van der Waals surface area contributed by atoms with Crippen LogP contribution < -0.4 is 9.64 Å². The number of hydrogen-bond acceptors (Lipinski definition) is 6. The number of nitriles is 1. The van der Waals surface area contributed by atoms with Crippen molar-refractivity contribution in [2.45, 2.75) is 26.4 Å². The molecule has 1 aliphatic heterocycles. The molecule has 0 spiro atoms. The molecule has 3 aromatic carbocycles. The predicted octanol–water partition coefficient (Wildman–Crippen LogP) is 6.68. The standard InChI is InChI=1S/C30H26FN3O3S/c1-19-14-23(21-4-2-20(16-32)3-5-21)6-7-24(19)17-37-28-9-8-25(31)15-26(28)27-18-38-30(33-27)34-12-10-22(11-13-34)29(35)36/h2-9,14-15,18,22H,10-13,17H2,1H3,(H,35,36). The zero-order valence-corrected chi connectivity index (χ0v) is 21.7. The summed E-state index contributed by atoms with van der Waals surface area (Å²) in [6, 6.07) is 20.2. The lowest BCUT2D eigenvalue weighted by Gasteiger charge is -2.29. The summed E-state index contributed by atoms with van der Waals surface area (Å²) in [5.41, 5.74) is 6.01. The molecule has 4 aromatic rings. The van der Waals surface area contributed by atoms with Gasteiger partial charge in [-0.25, -0.2) is 9.37 Å². The third-order valence-corrected chi connectivity index (χ3v) is 7.80. The first-order chi connectivity index (χ1) is 18.4. The van der Waals surface area contributed by atoms with Crippen LogP contribution in [0.4, 0.5) is 9.52 Å². The lowest BCUT2D eigenvalue weighted by molar-refractivity contribution is -0.142. The summed E-state index contributed by atoms with van der Waals surface area (Å²) in [6.45, 7) is 3.61. The third-order valence-electron chi connectivity index (χ3n) is 6.90. The molecule has 1 N–H and O–H groups in total. The van der Waals surface area contributed by atoms with E-state index in [0.29, 0.717) is 55.1 Å². The average Bonchev–Trinajstić information content (AvgIpc) is 3.43. The van der Waals surface area contributed by atoms with E-state index in [-0.39, 0.29) is 11.7 Å². The maximum absolute atomic E-state index is 14.2. The number of carboxylic acids is 1. The highest BCUT2D eigenvalue weighted by atomic mass is 32.1. The van der Waals surface area contributed by atoms with E-state index in [4.69, 9.17) is 15.0 Å². The van der Waals surface area contributed by atoms with Crippen LogP contribution in [0.1, 0.15) is 29.5 Å². The van der Waals surface area contributed by atoms with Crippen LogP contribution in [-0.2, 0) is 11.4 Å².